The second-order valence-electron chi connectivity index (χ2n) is 5.39. The molecule has 3 rings (SSSR count). The van der Waals surface area contributed by atoms with E-state index >= 15 is 0 Å². The second kappa shape index (κ2) is 6.85. The van der Waals surface area contributed by atoms with Gasteiger partial charge in [-0.1, -0.05) is 6.07 Å². The van der Waals surface area contributed by atoms with Gasteiger partial charge in [0.25, 0.3) is 26.2 Å². The van der Waals surface area contributed by atoms with Gasteiger partial charge in [-0.3, -0.25) is 14.2 Å². The van der Waals surface area contributed by atoms with Crippen molar-refractivity contribution < 1.29 is 40.9 Å². The Bertz CT molecular complexity index is 1390. The third-order valence-corrected chi connectivity index (χ3v) is 5.23. The molecule has 0 radical (unpaired) electrons. The minimum atomic E-state index is -4.91. The predicted octanol–water partition coefficient (Wildman–Crippen LogP) is 1.27. The summed E-state index contributed by atoms with van der Waals surface area (Å²) in [4.78, 5) is 12.7. The molecule has 29 heavy (non-hydrogen) atoms. The van der Waals surface area contributed by atoms with Crippen molar-refractivity contribution in [1.29, 1.82) is 0 Å². The Morgan fingerprint density at radius 1 is 1.03 bits per heavy atom. The molecular formula is C13H9N5O9S2. The zero-order chi connectivity index (χ0) is 21.6. The normalized spacial score (nSPS) is 12.6. The maximum Gasteiger partial charge on any atom is 0.373 e. The Hall–Kier alpha value is -3.47. The second-order valence-corrected chi connectivity index (χ2v) is 8.21. The van der Waals surface area contributed by atoms with Crippen LogP contribution in [0.1, 0.15) is 10.6 Å². The van der Waals surface area contributed by atoms with Gasteiger partial charge < -0.3 is 10.2 Å². The summed E-state index contributed by atoms with van der Waals surface area (Å²) in [6.45, 7) is 0. The molecule has 2 aromatic carbocycles. The smallest absolute Gasteiger partial charge is 0.373 e. The fraction of sp³-hybridized carbons (Fsp3) is 0. The van der Waals surface area contributed by atoms with Crippen molar-refractivity contribution in [2.24, 2.45) is 10.2 Å². The number of H-pyrrole nitrogens is 1. The number of fused-ring (bicyclic) bond motifs is 1. The summed E-state index contributed by atoms with van der Waals surface area (Å²) < 4.78 is 64.3. The number of benzene rings is 2. The molecule has 16 heteroatoms. The molecule has 0 amide bonds. The van der Waals surface area contributed by atoms with E-state index in [1.54, 1.807) is 0 Å². The molecule has 0 atom stereocenters. The van der Waals surface area contributed by atoms with E-state index < -0.39 is 59.2 Å². The number of aromatic amines is 1. The van der Waals surface area contributed by atoms with Gasteiger partial charge in [-0.25, -0.2) is 4.79 Å². The van der Waals surface area contributed by atoms with Gasteiger partial charge in [0, 0.05) is 5.39 Å². The standard InChI is InChI=1S/C13H9N5O9S2/c19-10-8(29(25,26)27)3-5-1-2-6(28(22,23)24)4-7(5)9(10)15-17-13-14-11(12(20)21)16-18-13/h1-4,19H,(H,20,21)(H,14,16,18)(H,22,23,24)(H,25,26,27). The van der Waals surface area contributed by atoms with Gasteiger partial charge in [-0.15, -0.1) is 15.3 Å². The van der Waals surface area contributed by atoms with Crippen molar-refractivity contribution in [1.82, 2.24) is 15.2 Å². The molecule has 0 aliphatic heterocycles. The average molecular weight is 443 g/mol. The number of nitrogens with zero attached hydrogens (tertiary/aromatic N) is 4. The first-order valence-corrected chi connectivity index (χ1v) is 10.1. The van der Waals surface area contributed by atoms with E-state index in [-0.39, 0.29) is 10.8 Å². The maximum absolute atomic E-state index is 11.5. The van der Waals surface area contributed by atoms with Gasteiger partial charge in [0.1, 0.15) is 10.6 Å². The molecule has 0 aliphatic rings. The molecule has 3 aromatic rings. The van der Waals surface area contributed by atoms with Crippen LogP contribution < -0.4 is 0 Å². The summed E-state index contributed by atoms with van der Waals surface area (Å²) >= 11 is 0. The van der Waals surface area contributed by atoms with Crippen LogP contribution >= 0.6 is 0 Å². The SMILES string of the molecule is O=C(O)c1nc(N=Nc2c(O)c(S(=O)(=O)O)cc3ccc(S(=O)(=O)O)cc23)n[nH]1. The summed E-state index contributed by atoms with van der Waals surface area (Å²) in [6.07, 6.45) is 0. The molecule has 0 fully saturated rings. The van der Waals surface area contributed by atoms with Crippen LogP contribution in [0.5, 0.6) is 5.75 Å². The largest absolute Gasteiger partial charge is 0.504 e. The van der Waals surface area contributed by atoms with E-state index in [0.717, 1.165) is 24.3 Å². The zero-order valence-corrected chi connectivity index (χ0v) is 15.4. The summed E-state index contributed by atoms with van der Waals surface area (Å²) in [5.74, 6) is -3.60. The number of rotatable bonds is 5. The zero-order valence-electron chi connectivity index (χ0n) is 13.7. The Labute approximate surface area is 161 Å². The molecular weight excluding hydrogens is 434 g/mol. The lowest BCUT2D eigenvalue weighted by atomic mass is 10.1. The average Bonchev–Trinajstić information content (AvgIpc) is 3.07. The van der Waals surface area contributed by atoms with Crippen LogP contribution in [0.4, 0.5) is 11.6 Å². The quantitative estimate of drug-likeness (QED) is 0.278. The van der Waals surface area contributed by atoms with Crippen LogP contribution in [-0.2, 0) is 20.2 Å². The van der Waals surface area contributed by atoms with Crippen LogP contribution in [-0.4, -0.2) is 57.3 Å². The number of azo groups is 1. The van der Waals surface area contributed by atoms with Crippen molar-refractivity contribution in [2.45, 2.75) is 9.79 Å². The fourth-order valence-corrected chi connectivity index (χ4v) is 3.39. The highest BCUT2D eigenvalue weighted by atomic mass is 32.2. The van der Waals surface area contributed by atoms with Crippen LogP contribution in [0.25, 0.3) is 10.8 Å². The number of phenols is 1. The van der Waals surface area contributed by atoms with E-state index in [1.807, 2.05) is 5.10 Å². The number of aromatic nitrogens is 3. The lowest BCUT2D eigenvalue weighted by molar-refractivity contribution is 0.0684. The third-order valence-electron chi connectivity index (χ3n) is 3.52. The van der Waals surface area contributed by atoms with Crippen LogP contribution in [0.2, 0.25) is 0 Å². The van der Waals surface area contributed by atoms with Crippen LogP contribution in [0.3, 0.4) is 0 Å². The number of carbonyl (C=O) groups is 1. The monoisotopic (exact) mass is 443 g/mol. The summed E-state index contributed by atoms with van der Waals surface area (Å²) in [5.41, 5.74) is -0.609. The highest BCUT2D eigenvalue weighted by molar-refractivity contribution is 7.86. The molecule has 0 bridgehead atoms. The Morgan fingerprint density at radius 3 is 2.28 bits per heavy atom. The Morgan fingerprint density at radius 2 is 1.72 bits per heavy atom. The number of carboxylic acids is 1. The molecule has 0 spiro atoms. The Balaban J connectivity index is 2.29. The third kappa shape index (κ3) is 4.04. The molecule has 0 saturated carbocycles. The highest BCUT2D eigenvalue weighted by Crippen LogP contribution is 2.41. The van der Waals surface area contributed by atoms with E-state index in [4.69, 9.17) is 5.11 Å². The van der Waals surface area contributed by atoms with E-state index in [1.165, 1.54) is 0 Å². The number of hydrogen-bond acceptors (Lipinski definition) is 10. The first-order valence-electron chi connectivity index (χ1n) is 7.20. The molecule has 0 saturated heterocycles. The van der Waals surface area contributed by atoms with Gasteiger partial charge in [-0.05, 0) is 23.6 Å². The molecule has 152 valence electrons. The predicted molar refractivity (Wildman–Crippen MR) is 92.8 cm³/mol. The van der Waals surface area contributed by atoms with Crippen LogP contribution in [0.15, 0.2) is 44.3 Å². The van der Waals surface area contributed by atoms with Crippen molar-refractivity contribution in [2.75, 3.05) is 0 Å². The Kier molecular flexibility index (Phi) is 4.79. The highest BCUT2D eigenvalue weighted by Gasteiger charge is 2.23. The van der Waals surface area contributed by atoms with Gasteiger partial charge >= 0.3 is 5.97 Å². The molecule has 0 unspecified atom stereocenters. The van der Waals surface area contributed by atoms with Crippen molar-refractivity contribution >= 4 is 48.6 Å². The van der Waals surface area contributed by atoms with Gasteiger partial charge in [-0.2, -0.15) is 21.8 Å². The summed E-state index contributed by atoms with van der Waals surface area (Å²) in [7, 11) is -9.56. The number of hydrogen-bond donors (Lipinski definition) is 5. The van der Waals surface area contributed by atoms with Gasteiger partial charge in [0.05, 0.1) is 4.90 Å². The number of aromatic hydroxyl groups is 1. The first-order chi connectivity index (χ1) is 13.4. The lowest BCUT2D eigenvalue weighted by Gasteiger charge is -2.09. The number of carboxylic acid groups (broad SMARTS) is 1. The van der Waals surface area contributed by atoms with Crippen molar-refractivity contribution in [3.8, 4) is 5.75 Å². The summed E-state index contributed by atoms with van der Waals surface area (Å²) in [6, 6.07) is 3.79. The molecule has 1 aromatic heterocycles. The lowest BCUT2D eigenvalue weighted by Crippen LogP contribution is -2.00. The number of phenolic OH excluding ortho intramolecular Hbond substituents is 1. The number of aromatic carboxylic acids is 1. The van der Waals surface area contributed by atoms with E-state index in [2.05, 4.69) is 20.3 Å². The molecule has 5 N–H and O–H groups in total. The van der Waals surface area contributed by atoms with Gasteiger partial charge in [0.2, 0.25) is 5.82 Å². The topological polar surface area (TPSA) is 233 Å². The minimum absolute atomic E-state index is 0.0120. The van der Waals surface area contributed by atoms with Crippen molar-refractivity contribution in [3.63, 3.8) is 0 Å². The van der Waals surface area contributed by atoms with E-state index in [9.17, 15) is 35.8 Å². The molecule has 14 nitrogen and oxygen atoms in total. The van der Waals surface area contributed by atoms with Crippen LogP contribution in [0, 0.1) is 0 Å². The summed E-state index contributed by atoms with van der Waals surface area (Å²) in [5, 5.41) is 31.4. The fourth-order valence-electron chi connectivity index (χ4n) is 2.27. The maximum atomic E-state index is 11.5. The van der Waals surface area contributed by atoms with Crippen molar-refractivity contribution in [3.05, 3.63) is 30.1 Å². The van der Waals surface area contributed by atoms with Gasteiger partial charge in [0.15, 0.2) is 5.75 Å². The molecule has 1 heterocycles. The minimum Gasteiger partial charge on any atom is -0.504 e. The number of nitrogens with one attached hydrogen (secondary N) is 1. The first kappa shape index (κ1) is 20.3. The van der Waals surface area contributed by atoms with E-state index in [0.29, 0.717) is 0 Å². The molecule has 0 aliphatic carbocycles.